The molecule has 0 aromatic heterocycles. The summed E-state index contributed by atoms with van der Waals surface area (Å²) in [5.41, 5.74) is 10.6. The Morgan fingerprint density at radius 3 is 2.42 bits per heavy atom. The zero-order valence-corrected chi connectivity index (χ0v) is 11.2. The summed E-state index contributed by atoms with van der Waals surface area (Å²) in [7, 11) is 2.00. The maximum Gasteiger partial charge on any atom is 0.0992 e. The Morgan fingerprint density at radius 1 is 1.16 bits per heavy atom. The fourth-order valence-electron chi connectivity index (χ4n) is 2.02. The minimum absolute atomic E-state index is 0.588. The highest BCUT2D eigenvalue weighted by Gasteiger charge is 2.06. The topological polar surface area (TPSA) is 53.0 Å². The van der Waals surface area contributed by atoms with Crippen molar-refractivity contribution in [2.75, 3.05) is 17.7 Å². The van der Waals surface area contributed by atoms with Crippen molar-refractivity contribution in [3.05, 3.63) is 59.2 Å². The molecule has 2 N–H and O–H groups in total. The van der Waals surface area contributed by atoms with Crippen LogP contribution in [0.1, 0.15) is 16.7 Å². The smallest absolute Gasteiger partial charge is 0.0992 e. The molecule has 2 rings (SSSR count). The van der Waals surface area contributed by atoms with Crippen LogP contribution >= 0.6 is 0 Å². The van der Waals surface area contributed by atoms with Crippen molar-refractivity contribution in [2.45, 2.75) is 13.5 Å². The van der Waals surface area contributed by atoms with Crippen LogP contribution in [-0.2, 0) is 6.54 Å². The first-order valence-corrected chi connectivity index (χ1v) is 6.16. The molecule has 0 heterocycles. The summed E-state index contributed by atoms with van der Waals surface area (Å²) in [5, 5.41) is 8.83. The van der Waals surface area contributed by atoms with Crippen LogP contribution in [0.25, 0.3) is 0 Å². The molecular weight excluding hydrogens is 234 g/mol. The highest BCUT2D eigenvalue weighted by atomic mass is 15.1. The van der Waals surface area contributed by atoms with Crippen LogP contribution in [0.4, 0.5) is 11.4 Å². The number of aryl methyl sites for hydroxylation is 1. The van der Waals surface area contributed by atoms with Crippen molar-refractivity contribution in [3.8, 4) is 6.07 Å². The molecule has 0 amide bonds. The van der Waals surface area contributed by atoms with Gasteiger partial charge in [-0.1, -0.05) is 29.8 Å². The third kappa shape index (κ3) is 3.05. The molecule has 0 aliphatic carbocycles. The molecule has 3 nitrogen and oxygen atoms in total. The Balaban J connectivity index is 2.18. The van der Waals surface area contributed by atoms with E-state index in [-0.39, 0.29) is 0 Å². The number of anilines is 2. The molecular formula is C16H17N3. The lowest BCUT2D eigenvalue weighted by Crippen LogP contribution is -2.17. The van der Waals surface area contributed by atoms with Crippen molar-refractivity contribution in [3.63, 3.8) is 0 Å². The van der Waals surface area contributed by atoms with Gasteiger partial charge in [-0.25, -0.2) is 0 Å². The first kappa shape index (κ1) is 13.0. The van der Waals surface area contributed by atoms with Gasteiger partial charge >= 0.3 is 0 Å². The lowest BCUT2D eigenvalue weighted by molar-refractivity contribution is 0.924. The van der Waals surface area contributed by atoms with Crippen LogP contribution in [-0.4, -0.2) is 7.05 Å². The van der Waals surface area contributed by atoms with E-state index in [4.69, 9.17) is 11.0 Å². The number of nitriles is 1. The number of hydrogen-bond acceptors (Lipinski definition) is 3. The summed E-state index contributed by atoms with van der Waals surface area (Å²) in [4.78, 5) is 2.08. The van der Waals surface area contributed by atoms with Crippen LogP contribution in [0.5, 0.6) is 0 Å². The predicted molar refractivity (Wildman–Crippen MR) is 78.9 cm³/mol. The Hall–Kier alpha value is -2.47. The lowest BCUT2D eigenvalue weighted by Gasteiger charge is -2.21. The Labute approximate surface area is 113 Å². The molecule has 0 saturated carbocycles. The van der Waals surface area contributed by atoms with E-state index >= 15 is 0 Å². The van der Waals surface area contributed by atoms with Gasteiger partial charge in [-0.3, -0.25) is 0 Å². The number of nitrogen functional groups attached to an aromatic ring is 1. The van der Waals surface area contributed by atoms with E-state index in [0.29, 0.717) is 11.3 Å². The van der Waals surface area contributed by atoms with Gasteiger partial charge in [0.1, 0.15) is 0 Å². The zero-order valence-electron chi connectivity index (χ0n) is 11.2. The third-order valence-electron chi connectivity index (χ3n) is 3.11. The second kappa shape index (κ2) is 5.45. The Kier molecular flexibility index (Phi) is 3.72. The first-order valence-electron chi connectivity index (χ1n) is 6.16. The van der Waals surface area contributed by atoms with Gasteiger partial charge in [0, 0.05) is 13.6 Å². The van der Waals surface area contributed by atoms with Crippen molar-refractivity contribution in [2.24, 2.45) is 0 Å². The van der Waals surface area contributed by atoms with Crippen molar-refractivity contribution >= 4 is 11.4 Å². The SMILES string of the molecule is Cc1ccc(CN(C)c2ccc(C#N)cc2N)cc1. The molecule has 0 bridgehead atoms. The van der Waals surface area contributed by atoms with Crippen LogP contribution < -0.4 is 10.6 Å². The van der Waals surface area contributed by atoms with E-state index in [1.165, 1.54) is 11.1 Å². The molecule has 0 radical (unpaired) electrons. The van der Waals surface area contributed by atoms with Gasteiger partial charge in [-0.15, -0.1) is 0 Å². The van der Waals surface area contributed by atoms with E-state index < -0.39 is 0 Å². The quantitative estimate of drug-likeness (QED) is 0.853. The van der Waals surface area contributed by atoms with E-state index in [0.717, 1.165) is 12.2 Å². The second-order valence-electron chi connectivity index (χ2n) is 4.73. The number of hydrogen-bond donors (Lipinski definition) is 1. The average Bonchev–Trinajstić information content (AvgIpc) is 2.41. The standard InChI is InChI=1S/C16H17N3/c1-12-3-5-13(6-4-12)11-19(2)16-8-7-14(10-17)9-15(16)18/h3-9H,11,18H2,1-2H3. The second-order valence-corrected chi connectivity index (χ2v) is 4.73. The molecule has 0 unspecified atom stereocenters. The molecule has 2 aromatic rings. The van der Waals surface area contributed by atoms with Gasteiger partial charge in [0.15, 0.2) is 0 Å². The maximum atomic E-state index is 8.83. The average molecular weight is 251 g/mol. The number of rotatable bonds is 3. The molecule has 0 atom stereocenters. The molecule has 19 heavy (non-hydrogen) atoms. The first-order chi connectivity index (χ1) is 9.10. The van der Waals surface area contributed by atoms with Gasteiger partial charge in [-0.05, 0) is 30.7 Å². The summed E-state index contributed by atoms with van der Waals surface area (Å²) in [6, 6.07) is 15.9. The van der Waals surface area contributed by atoms with Gasteiger partial charge in [0.05, 0.1) is 23.0 Å². The molecule has 0 aliphatic heterocycles. The van der Waals surface area contributed by atoms with Crippen LogP contribution in [0.3, 0.4) is 0 Å². The highest BCUT2D eigenvalue weighted by Crippen LogP contribution is 2.24. The van der Waals surface area contributed by atoms with Gasteiger partial charge in [0.2, 0.25) is 0 Å². The largest absolute Gasteiger partial charge is 0.397 e. The molecule has 96 valence electrons. The molecule has 3 heteroatoms. The van der Waals surface area contributed by atoms with E-state index in [1.807, 2.05) is 13.1 Å². The van der Waals surface area contributed by atoms with E-state index in [2.05, 4.69) is 42.2 Å². The van der Waals surface area contributed by atoms with Crippen LogP contribution in [0, 0.1) is 18.3 Å². The molecule has 0 spiro atoms. The van der Waals surface area contributed by atoms with Gasteiger partial charge in [-0.2, -0.15) is 5.26 Å². The monoisotopic (exact) mass is 251 g/mol. The minimum atomic E-state index is 0.588. The fourth-order valence-corrected chi connectivity index (χ4v) is 2.02. The van der Waals surface area contributed by atoms with Crippen molar-refractivity contribution < 1.29 is 0 Å². The number of nitrogens with zero attached hydrogens (tertiary/aromatic N) is 2. The summed E-state index contributed by atoms with van der Waals surface area (Å²) in [6.07, 6.45) is 0. The minimum Gasteiger partial charge on any atom is -0.397 e. The summed E-state index contributed by atoms with van der Waals surface area (Å²) >= 11 is 0. The normalized spacial score (nSPS) is 9.95. The van der Waals surface area contributed by atoms with Crippen molar-refractivity contribution in [1.82, 2.24) is 0 Å². The fraction of sp³-hybridized carbons (Fsp3) is 0.188. The zero-order chi connectivity index (χ0) is 13.8. The summed E-state index contributed by atoms with van der Waals surface area (Å²) in [5.74, 6) is 0. The molecule has 0 fully saturated rings. The molecule has 0 aliphatic rings. The number of nitrogens with two attached hydrogens (primary N) is 1. The van der Waals surface area contributed by atoms with Crippen LogP contribution in [0.2, 0.25) is 0 Å². The predicted octanol–water partition coefficient (Wildman–Crippen LogP) is 3.09. The van der Waals surface area contributed by atoms with Gasteiger partial charge < -0.3 is 10.6 Å². The van der Waals surface area contributed by atoms with E-state index in [9.17, 15) is 0 Å². The van der Waals surface area contributed by atoms with Crippen molar-refractivity contribution in [1.29, 1.82) is 5.26 Å². The maximum absolute atomic E-state index is 8.83. The highest BCUT2D eigenvalue weighted by molar-refractivity contribution is 5.69. The Morgan fingerprint density at radius 2 is 1.84 bits per heavy atom. The van der Waals surface area contributed by atoms with E-state index in [1.54, 1.807) is 12.1 Å². The summed E-state index contributed by atoms with van der Waals surface area (Å²) in [6.45, 7) is 2.86. The summed E-state index contributed by atoms with van der Waals surface area (Å²) < 4.78 is 0. The Bertz CT molecular complexity index is 609. The van der Waals surface area contributed by atoms with Crippen LogP contribution in [0.15, 0.2) is 42.5 Å². The lowest BCUT2D eigenvalue weighted by atomic mass is 10.1. The number of benzene rings is 2. The molecule has 2 aromatic carbocycles. The third-order valence-corrected chi connectivity index (χ3v) is 3.11. The molecule has 0 saturated heterocycles. The van der Waals surface area contributed by atoms with Gasteiger partial charge in [0.25, 0.3) is 0 Å².